The van der Waals surface area contributed by atoms with Crippen LogP contribution in [0.3, 0.4) is 0 Å². The average Bonchev–Trinajstić information content (AvgIpc) is 2.86. The van der Waals surface area contributed by atoms with Crippen LogP contribution in [0.5, 0.6) is 0 Å². The predicted octanol–water partition coefficient (Wildman–Crippen LogP) is 1.23. The number of carbonyl (C=O) groups is 1. The molecule has 0 unspecified atom stereocenters. The maximum absolute atomic E-state index is 12.2. The summed E-state index contributed by atoms with van der Waals surface area (Å²) in [5, 5.41) is 7.34. The largest absolute Gasteiger partial charge is 0.374 e. The zero-order valence-electron chi connectivity index (χ0n) is 14.1. The molecule has 3 rings (SSSR count). The number of aromatic nitrogens is 3. The molecule has 1 saturated heterocycles. The lowest BCUT2D eigenvalue weighted by Gasteiger charge is -2.32. The summed E-state index contributed by atoms with van der Waals surface area (Å²) in [5.74, 6) is -0.0326. The second kappa shape index (κ2) is 7.55. The van der Waals surface area contributed by atoms with Crippen LogP contribution in [0, 0.1) is 13.8 Å². The number of rotatable bonds is 5. The number of aryl methyl sites for hydroxylation is 2. The van der Waals surface area contributed by atoms with Crippen LogP contribution in [0.15, 0.2) is 30.6 Å². The van der Waals surface area contributed by atoms with Gasteiger partial charge in [0.15, 0.2) is 0 Å². The van der Waals surface area contributed by atoms with Crippen molar-refractivity contribution in [3.8, 4) is 0 Å². The zero-order valence-corrected chi connectivity index (χ0v) is 14.1. The Labute approximate surface area is 141 Å². The molecule has 1 aliphatic rings. The SMILES string of the molecule is Cc1cc(C)n(C[C@H]2CN(CC(=O)Nc3cccnc3)CCO2)n1. The van der Waals surface area contributed by atoms with Crippen molar-refractivity contribution in [2.45, 2.75) is 26.5 Å². The monoisotopic (exact) mass is 329 g/mol. The fraction of sp³-hybridized carbons (Fsp3) is 0.471. The van der Waals surface area contributed by atoms with Crippen molar-refractivity contribution in [2.75, 3.05) is 31.6 Å². The molecule has 2 aromatic rings. The van der Waals surface area contributed by atoms with E-state index in [1.807, 2.05) is 24.6 Å². The summed E-state index contributed by atoms with van der Waals surface area (Å²) in [6.07, 6.45) is 3.37. The van der Waals surface area contributed by atoms with Crippen molar-refractivity contribution < 1.29 is 9.53 Å². The molecule has 0 bridgehead atoms. The van der Waals surface area contributed by atoms with Gasteiger partial charge in [0.2, 0.25) is 5.91 Å². The number of nitrogens with one attached hydrogen (secondary N) is 1. The number of amides is 1. The van der Waals surface area contributed by atoms with Gasteiger partial charge in [0.05, 0.1) is 43.4 Å². The Morgan fingerprint density at radius 2 is 2.33 bits per heavy atom. The van der Waals surface area contributed by atoms with E-state index in [0.717, 1.165) is 30.2 Å². The van der Waals surface area contributed by atoms with E-state index < -0.39 is 0 Å². The van der Waals surface area contributed by atoms with Crippen molar-refractivity contribution in [1.82, 2.24) is 19.7 Å². The maximum atomic E-state index is 12.2. The van der Waals surface area contributed by atoms with Gasteiger partial charge in [-0.15, -0.1) is 0 Å². The molecule has 1 N–H and O–H groups in total. The Kier molecular flexibility index (Phi) is 5.22. The van der Waals surface area contributed by atoms with E-state index in [9.17, 15) is 4.79 Å². The van der Waals surface area contributed by atoms with Gasteiger partial charge in [0, 0.05) is 25.0 Å². The minimum atomic E-state index is -0.0326. The van der Waals surface area contributed by atoms with Gasteiger partial charge in [-0.2, -0.15) is 5.10 Å². The maximum Gasteiger partial charge on any atom is 0.238 e. The van der Waals surface area contributed by atoms with Crippen LogP contribution >= 0.6 is 0 Å². The lowest BCUT2D eigenvalue weighted by Crippen LogP contribution is -2.47. The standard InChI is InChI=1S/C17H23N5O2/c1-13-8-14(2)22(20-13)11-16-10-21(6-7-24-16)12-17(23)19-15-4-3-5-18-9-15/h3-5,8-9,16H,6-7,10-12H2,1-2H3,(H,19,23)/t16-/m1/s1. The summed E-state index contributed by atoms with van der Waals surface area (Å²) in [7, 11) is 0. The predicted molar refractivity (Wildman–Crippen MR) is 90.7 cm³/mol. The number of anilines is 1. The lowest BCUT2D eigenvalue weighted by molar-refractivity contribution is -0.119. The molecule has 2 aromatic heterocycles. The van der Waals surface area contributed by atoms with Crippen molar-refractivity contribution in [3.05, 3.63) is 42.0 Å². The van der Waals surface area contributed by atoms with E-state index >= 15 is 0 Å². The normalized spacial score (nSPS) is 18.5. The Bertz CT molecular complexity index is 686. The Hall–Kier alpha value is -2.25. The molecular weight excluding hydrogens is 306 g/mol. The van der Waals surface area contributed by atoms with Crippen molar-refractivity contribution in [3.63, 3.8) is 0 Å². The Morgan fingerprint density at radius 3 is 3.04 bits per heavy atom. The van der Waals surface area contributed by atoms with Gasteiger partial charge in [-0.05, 0) is 32.0 Å². The first kappa shape index (κ1) is 16.6. The number of hydrogen-bond donors (Lipinski definition) is 1. The minimum Gasteiger partial charge on any atom is -0.374 e. The van der Waals surface area contributed by atoms with Crippen LogP contribution in [0.4, 0.5) is 5.69 Å². The topological polar surface area (TPSA) is 72.3 Å². The summed E-state index contributed by atoms with van der Waals surface area (Å²) < 4.78 is 7.80. The van der Waals surface area contributed by atoms with E-state index in [1.165, 1.54) is 0 Å². The van der Waals surface area contributed by atoms with Gasteiger partial charge in [0.25, 0.3) is 0 Å². The molecule has 24 heavy (non-hydrogen) atoms. The number of ether oxygens (including phenoxy) is 1. The molecule has 0 aliphatic carbocycles. The van der Waals surface area contributed by atoms with Gasteiger partial charge in [-0.25, -0.2) is 0 Å². The molecule has 7 heteroatoms. The summed E-state index contributed by atoms with van der Waals surface area (Å²) >= 11 is 0. The van der Waals surface area contributed by atoms with Gasteiger partial charge in [-0.3, -0.25) is 19.4 Å². The van der Waals surface area contributed by atoms with E-state index in [4.69, 9.17) is 4.74 Å². The molecule has 1 amide bonds. The first-order chi connectivity index (χ1) is 11.6. The van der Waals surface area contributed by atoms with E-state index in [-0.39, 0.29) is 12.0 Å². The van der Waals surface area contributed by atoms with Crippen LogP contribution in [0.1, 0.15) is 11.4 Å². The minimum absolute atomic E-state index is 0.0326. The summed E-state index contributed by atoms with van der Waals surface area (Å²) in [6, 6.07) is 5.69. The second-order valence-electron chi connectivity index (χ2n) is 6.13. The quantitative estimate of drug-likeness (QED) is 0.893. The highest BCUT2D eigenvalue weighted by Gasteiger charge is 2.23. The van der Waals surface area contributed by atoms with Crippen LogP contribution in [-0.2, 0) is 16.1 Å². The third-order valence-electron chi connectivity index (χ3n) is 4.02. The third kappa shape index (κ3) is 4.39. The fourth-order valence-corrected chi connectivity index (χ4v) is 2.93. The van der Waals surface area contributed by atoms with E-state index in [2.05, 4.69) is 26.4 Å². The molecular formula is C17H23N5O2. The number of morpholine rings is 1. The highest BCUT2D eigenvalue weighted by Crippen LogP contribution is 2.10. The van der Waals surface area contributed by atoms with E-state index in [0.29, 0.717) is 19.7 Å². The molecule has 0 radical (unpaired) electrons. The van der Waals surface area contributed by atoms with Crippen LogP contribution in [0.25, 0.3) is 0 Å². The lowest BCUT2D eigenvalue weighted by atomic mass is 10.2. The molecule has 7 nitrogen and oxygen atoms in total. The number of nitrogens with zero attached hydrogens (tertiary/aromatic N) is 4. The van der Waals surface area contributed by atoms with Crippen molar-refractivity contribution in [1.29, 1.82) is 0 Å². The van der Waals surface area contributed by atoms with Crippen molar-refractivity contribution in [2.24, 2.45) is 0 Å². The number of hydrogen-bond acceptors (Lipinski definition) is 5. The Balaban J connectivity index is 1.52. The van der Waals surface area contributed by atoms with Gasteiger partial charge in [0.1, 0.15) is 0 Å². The Morgan fingerprint density at radius 1 is 1.46 bits per heavy atom. The van der Waals surface area contributed by atoms with Crippen molar-refractivity contribution >= 4 is 11.6 Å². The van der Waals surface area contributed by atoms with Gasteiger partial charge in [-0.1, -0.05) is 0 Å². The number of carbonyl (C=O) groups excluding carboxylic acids is 1. The molecule has 0 saturated carbocycles. The summed E-state index contributed by atoms with van der Waals surface area (Å²) in [6.45, 7) is 7.20. The number of pyridine rings is 1. The first-order valence-electron chi connectivity index (χ1n) is 8.15. The molecule has 0 spiro atoms. The molecule has 1 aliphatic heterocycles. The van der Waals surface area contributed by atoms with E-state index in [1.54, 1.807) is 18.5 Å². The fourth-order valence-electron chi connectivity index (χ4n) is 2.93. The summed E-state index contributed by atoms with van der Waals surface area (Å²) in [5.41, 5.74) is 2.86. The average molecular weight is 329 g/mol. The second-order valence-corrected chi connectivity index (χ2v) is 6.13. The third-order valence-corrected chi connectivity index (χ3v) is 4.02. The van der Waals surface area contributed by atoms with Crippen LogP contribution < -0.4 is 5.32 Å². The highest BCUT2D eigenvalue weighted by molar-refractivity contribution is 5.92. The molecule has 0 aromatic carbocycles. The van der Waals surface area contributed by atoms with Gasteiger partial charge >= 0.3 is 0 Å². The summed E-state index contributed by atoms with van der Waals surface area (Å²) in [4.78, 5) is 18.3. The smallest absolute Gasteiger partial charge is 0.238 e. The van der Waals surface area contributed by atoms with Crippen LogP contribution in [0.2, 0.25) is 0 Å². The molecule has 3 heterocycles. The van der Waals surface area contributed by atoms with Gasteiger partial charge < -0.3 is 10.1 Å². The molecule has 1 fully saturated rings. The van der Waals surface area contributed by atoms with Crippen LogP contribution in [-0.4, -0.2) is 57.9 Å². The molecule has 1 atom stereocenters. The highest BCUT2D eigenvalue weighted by atomic mass is 16.5. The molecule has 128 valence electrons. The first-order valence-corrected chi connectivity index (χ1v) is 8.15. The zero-order chi connectivity index (χ0) is 16.9.